The molecule has 2 unspecified atom stereocenters. The van der Waals surface area contributed by atoms with Crippen LogP contribution in [0.4, 0.5) is 18.9 Å². The number of rotatable bonds is 5. The second-order valence-corrected chi connectivity index (χ2v) is 8.21. The third kappa shape index (κ3) is 3.98. The predicted octanol–water partition coefficient (Wildman–Crippen LogP) is 2.20. The highest BCUT2D eigenvalue weighted by molar-refractivity contribution is 7.91. The highest BCUT2D eigenvalue weighted by atomic mass is 32.2. The first kappa shape index (κ1) is 20.6. The molecule has 0 aliphatic heterocycles. The molecule has 12 heteroatoms. The minimum Gasteiger partial charge on any atom is -0.355 e. The Morgan fingerprint density at radius 1 is 1.46 bits per heavy atom. The average Bonchev–Trinajstić information content (AvgIpc) is 3.24. The number of nitrogens with one attached hydrogen (secondary N) is 1. The normalized spacial score (nSPS) is 17.1. The molecule has 28 heavy (non-hydrogen) atoms. The van der Waals surface area contributed by atoms with Crippen LogP contribution in [0, 0.1) is 6.92 Å². The molecule has 0 saturated heterocycles. The first-order valence-corrected chi connectivity index (χ1v) is 10.2. The molecule has 0 spiro atoms. The fourth-order valence-corrected chi connectivity index (χ4v) is 4.12. The minimum atomic E-state index is -4.63. The van der Waals surface area contributed by atoms with Gasteiger partial charge < -0.3 is 10.4 Å². The molecule has 2 atom stereocenters. The van der Waals surface area contributed by atoms with Gasteiger partial charge in [0.25, 0.3) is 0 Å². The highest BCUT2D eigenvalue weighted by Crippen LogP contribution is 2.39. The molecule has 2 aromatic rings. The quantitative estimate of drug-likeness (QED) is 0.644. The summed E-state index contributed by atoms with van der Waals surface area (Å²) in [5.41, 5.74) is -0.138. The third-order valence-electron chi connectivity index (χ3n) is 4.51. The lowest BCUT2D eigenvalue weighted by molar-refractivity contribution is -0.141. The molecule has 0 saturated carbocycles. The number of aliphatic hydroxyl groups is 1. The summed E-state index contributed by atoms with van der Waals surface area (Å²) < 4.78 is 57.7. The van der Waals surface area contributed by atoms with Gasteiger partial charge in [0.05, 0.1) is 0 Å². The number of aliphatic hydroxyl groups excluding tert-OH is 1. The van der Waals surface area contributed by atoms with Gasteiger partial charge in [0.15, 0.2) is 14.9 Å². The summed E-state index contributed by atoms with van der Waals surface area (Å²) in [6.07, 6.45) is -3.25. The molecule has 0 bridgehead atoms. The van der Waals surface area contributed by atoms with Crippen molar-refractivity contribution in [2.75, 3.05) is 5.32 Å². The lowest BCUT2D eigenvalue weighted by atomic mass is 10.1. The van der Waals surface area contributed by atoms with Crippen molar-refractivity contribution < 1.29 is 22.5 Å². The maximum atomic E-state index is 13.3. The first-order valence-electron chi connectivity index (χ1n) is 8.64. The van der Waals surface area contributed by atoms with Crippen molar-refractivity contribution in [2.45, 2.75) is 57.2 Å². The minimum absolute atomic E-state index is 0.0251. The lowest BCUT2D eigenvalue weighted by Gasteiger charge is -2.20. The van der Waals surface area contributed by atoms with Crippen molar-refractivity contribution in [3.63, 3.8) is 0 Å². The summed E-state index contributed by atoms with van der Waals surface area (Å²) in [5, 5.41) is 22.5. The number of hydrogen-bond donors (Lipinski definition) is 3. The van der Waals surface area contributed by atoms with E-state index < -0.39 is 28.1 Å². The van der Waals surface area contributed by atoms with Crippen LogP contribution in [0.2, 0.25) is 0 Å². The number of alkyl halides is 3. The Labute approximate surface area is 160 Å². The second kappa shape index (κ2) is 7.33. The second-order valence-electron chi connectivity index (χ2n) is 6.44. The van der Waals surface area contributed by atoms with Crippen LogP contribution in [0.5, 0.6) is 0 Å². The van der Waals surface area contributed by atoms with Crippen LogP contribution < -0.4 is 10.5 Å². The molecule has 4 N–H and O–H groups in total. The molecule has 0 radical (unpaired) electrons. The molecule has 0 aromatic carbocycles. The van der Waals surface area contributed by atoms with Gasteiger partial charge in [-0.05, 0) is 44.7 Å². The van der Waals surface area contributed by atoms with Gasteiger partial charge in [0.1, 0.15) is 5.69 Å². The fourth-order valence-electron chi connectivity index (χ4n) is 3.19. The van der Waals surface area contributed by atoms with Crippen LogP contribution >= 0.6 is 0 Å². The number of fused-ring (bicyclic) bond motifs is 1. The smallest absolute Gasteiger partial charge is 0.355 e. The number of nitrogens with zero attached hydrogens (tertiary/aromatic N) is 4. The molecule has 1 aliphatic rings. The van der Waals surface area contributed by atoms with Crippen LogP contribution in [0.15, 0.2) is 21.7 Å². The summed E-state index contributed by atoms with van der Waals surface area (Å²) in [4.78, 5) is 3.76. The van der Waals surface area contributed by atoms with E-state index in [0.29, 0.717) is 37.1 Å². The van der Waals surface area contributed by atoms with Crippen LogP contribution in [0.3, 0.4) is 0 Å². The Hall–Kier alpha value is -2.18. The number of hydrogen-bond acceptors (Lipinski definition) is 6. The van der Waals surface area contributed by atoms with Crippen molar-refractivity contribution in [1.82, 2.24) is 14.8 Å². The summed E-state index contributed by atoms with van der Waals surface area (Å²) in [6, 6.07) is 1.42. The summed E-state index contributed by atoms with van der Waals surface area (Å²) in [7, 11) is -3.54. The number of aromatic nitrogens is 3. The topological polar surface area (TPSA) is 118 Å². The molecule has 0 fully saturated rings. The SMILES string of the molecule is CCn1ccc(S(N)(=O)=NC(O)Nc2c(C)c(C(F)(F)F)nc3c2CCC3)n1. The van der Waals surface area contributed by atoms with Crippen LogP contribution in [-0.2, 0) is 35.5 Å². The summed E-state index contributed by atoms with van der Waals surface area (Å²) >= 11 is 0. The number of anilines is 1. The monoisotopic (exact) mass is 418 g/mol. The van der Waals surface area contributed by atoms with Crippen molar-refractivity contribution in [3.8, 4) is 0 Å². The van der Waals surface area contributed by atoms with Gasteiger partial charge in [-0.25, -0.2) is 14.3 Å². The molecular weight excluding hydrogens is 397 g/mol. The van der Waals surface area contributed by atoms with Gasteiger partial charge in [0.2, 0.25) is 6.35 Å². The van der Waals surface area contributed by atoms with E-state index in [1.165, 1.54) is 17.7 Å². The maximum Gasteiger partial charge on any atom is 0.433 e. The van der Waals surface area contributed by atoms with E-state index in [2.05, 4.69) is 19.8 Å². The summed E-state index contributed by atoms with van der Waals surface area (Å²) in [5.74, 6) is 0. The van der Waals surface area contributed by atoms with E-state index in [1.807, 2.05) is 6.92 Å². The van der Waals surface area contributed by atoms with Crippen LogP contribution in [0.25, 0.3) is 0 Å². The average molecular weight is 418 g/mol. The van der Waals surface area contributed by atoms with Gasteiger partial charge in [0, 0.05) is 29.7 Å². The van der Waals surface area contributed by atoms with Crippen LogP contribution in [0.1, 0.15) is 35.9 Å². The van der Waals surface area contributed by atoms with Gasteiger partial charge in [-0.1, -0.05) is 0 Å². The first-order chi connectivity index (χ1) is 13.0. The number of halogens is 3. The van der Waals surface area contributed by atoms with Crippen molar-refractivity contribution in [2.24, 2.45) is 9.50 Å². The van der Waals surface area contributed by atoms with Crippen molar-refractivity contribution >= 4 is 15.6 Å². The third-order valence-corrected chi connectivity index (χ3v) is 5.84. The van der Waals surface area contributed by atoms with E-state index in [4.69, 9.17) is 5.14 Å². The van der Waals surface area contributed by atoms with E-state index >= 15 is 0 Å². The zero-order valence-corrected chi connectivity index (χ0v) is 16.1. The molecule has 2 aromatic heterocycles. The van der Waals surface area contributed by atoms with Crippen molar-refractivity contribution in [3.05, 3.63) is 34.8 Å². The molecule has 1 aliphatic carbocycles. The maximum absolute atomic E-state index is 13.3. The zero-order valence-electron chi connectivity index (χ0n) is 15.3. The van der Waals surface area contributed by atoms with Gasteiger partial charge in [-0.3, -0.25) is 4.68 Å². The van der Waals surface area contributed by atoms with Crippen molar-refractivity contribution in [1.29, 1.82) is 0 Å². The number of aryl methyl sites for hydroxylation is 2. The Balaban J connectivity index is 1.97. The van der Waals surface area contributed by atoms with E-state index in [9.17, 15) is 22.5 Å². The molecule has 154 valence electrons. The van der Waals surface area contributed by atoms with Crippen LogP contribution in [-0.4, -0.2) is 30.4 Å². The predicted molar refractivity (Wildman–Crippen MR) is 96.6 cm³/mol. The van der Waals surface area contributed by atoms with E-state index in [0.717, 1.165) is 0 Å². The zero-order chi connectivity index (χ0) is 20.7. The summed E-state index contributed by atoms with van der Waals surface area (Å²) in [6.45, 7) is 3.62. The van der Waals surface area contributed by atoms with E-state index in [-0.39, 0.29) is 16.3 Å². The highest BCUT2D eigenvalue weighted by Gasteiger charge is 2.37. The molecule has 0 amide bonds. The van der Waals surface area contributed by atoms with E-state index in [1.54, 1.807) is 6.20 Å². The molecular formula is C16H21F3N6O2S. The van der Waals surface area contributed by atoms with Gasteiger partial charge in [-0.2, -0.15) is 22.6 Å². The molecule has 8 nitrogen and oxygen atoms in total. The Bertz CT molecular complexity index is 1010. The number of pyridine rings is 1. The van der Waals surface area contributed by atoms with Gasteiger partial charge in [-0.15, -0.1) is 0 Å². The van der Waals surface area contributed by atoms with Gasteiger partial charge >= 0.3 is 6.18 Å². The Morgan fingerprint density at radius 3 is 2.79 bits per heavy atom. The standard InChI is InChI=1S/C16H21F3N6O2S/c1-3-25-8-7-12(23-25)28(20,27)24-15(26)22-13-9(2)14(16(17,18)19)21-11-6-4-5-10(11)13/h7-8,15,26H,3-6H2,1-2H3,(H,21,22)(H2,20,24,27). The Kier molecular flexibility index (Phi) is 5.38. The Morgan fingerprint density at radius 2 is 2.18 bits per heavy atom. The lowest BCUT2D eigenvalue weighted by Crippen LogP contribution is -2.25. The molecule has 2 heterocycles. The fraction of sp³-hybridized carbons (Fsp3) is 0.500. The largest absolute Gasteiger partial charge is 0.433 e. The number of nitrogens with two attached hydrogens (primary N) is 1. The molecule has 3 rings (SSSR count).